The lowest BCUT2D eigenvalue weighted by Gasteiger charge is -2.32. The lowest BCUT2D eigenvalue weighted by Crippen LogP contribution is -2.36. The fourth-order valence-electron chi connectivity index (χ4n) is 4.17. The molecule has 8 heteroatoms. The molecule has 2 aromatic heterocycles. The van der Waals surface area contributed by atoms with Gasteiger partial charge in [0, 0.05) is 25.3 Å². The molecular weight excluding hydrogens is 392 g/mol. The van der Waals surface area contributed by atoms with Crippen LogP contribution in [0.25, 0.3) is 10.9 Å². The predicted octanol–water partition coefficient (Wildman–Crippen LogP) is 3.22. The van der Waals surface area contributed by atoms with E-state index in [0.717, 1.165) is 34.3 Å². The van der Waals surface area contributed by atoms with E-state index in [1.807, 2.05) is 17.7 Å². The molecule has 0 aliphatic carbocycles. The van der Waals surface area contributed by atoms with Crippen molar-refractivity contribution in [1.82, 2.24) is 30.1 Å². The maximum Gasteiger partial charge on any atom is 0.252 e. The Labute approximate surface area is 183 Å². The van der Waals surface area contributed by atoms with Crippen molar-refractivity contribution in [3.8, 4) is 0 Å². The van der Waals surface area contributed by atoms with Crippen molar-refractivity contribution in [2.45, 2.75) is 72.5 Å². The monoisotopic (exact) mass is 426 g/mol. The number of rotatable bonds is 8. The van der Waals surface area contributed by atoms with Gasteiger partial charge in [0.15, 0.2) is 5.82 Å². The van der Waals surface area contributed by atoms with Crippen molar-refractivity contribution in [1.29, 1.82) is 0 Å². The summed E-state index contributed by atoms with van der Waals surface area (Å²) in [4.78, 5) is 18.2. The van der Waals surface area contributed by atoms with Gasteiger partial charge in [-0.1, -0.05) is 18.6 Å². The SMILES string of the molecule is CC[C@H](c1nnnn1C(C)(C)C)N(CCCO)Cc1cc2cc(C)cc(C)c2[nH]c1=O. The summed E-state index contributed by atoms with van der Waals surface area (Å²) in [6, 6.07) is 6.08. The number of benzene rings is 1. The number of aliphatic hydroxyl groups excluding tert-OH is 1. The highest BCUT2D eigenvalue weighted by atomic mass is 16.3. The Balaban J connectivity index is 2.02. The Bertz CT molecular complexity index is 1100. The van der Waals surface area contributed by atoms with Gasteiger partial charge in [0.05, 0.1) is 17.1 Å². The number of nitrogens with one attached hydrogen (secondary N) is 1. The summed E-state index contributed by atoms with van der Waals surface area (Å²) in [7, 11) is 0. The second kappa shape index (κ2) is 9.28. The maximum atomic E-state index is 12.9. The Morgan fingerprint density at radius 2 is 1.97 bits per heavy atom. The summed E-state index contributed by atoms with van der Waals surface area (Å²) < 4.78 is 1.85. The lowest BCUT2D eigenvalue weighted by atomic mass is 10.0. The van der Waals surface area contributed by atoms with Crippen molar-refractivity contribution in [3.63, 3.8) is 0 Å². The summed E-state index contributed by atoms with van der Waals surface area (Å²) in [5.74, 6) is 0.775. The number of nitrogens with zero attached hydrogens (tertiary/aromatic N) is 5. The minimum atomic E-state index is -0.260. The normalized spacial score (nSPS) is 13.3. The van der Waals surface area contributed by atoms with Gasteiger partial charge >= 0.3 is 0 Å². The minimum Gasteiger partial charge on any atom is -0.396 e. The molecule has 1 aromatic carbocycles. The molecular formula is C23H34N6O2. The topological polar surface area (TPSA) is 99.9 Å². The van der Waals surface area contributed by atoms with Crippen LogP contribution in [0.15, 0.2) is 23.0 Å². The van der Waals surface area contributed by atoms with Crippen LogP contribution >= 0.6 is 0 Å². The van der Waals surface area contributed by atoms with E-state index in [1.54, 1.807) is 0 Å². The number of hydrogen-bond donors (Lipinski definition) is 2. The van der Waals surface area contributed by atoms with Gasteiger partial charge in [0.1, 0.15) is 0 Å². The Hall–Kier alpha value is -2.58. The molecule has 0 spiro atoms. The molecule has 0 radical (unpaired) electrons. The zero-order valence-electron chi connectivity index (χ0n) is 19.4. The lowest BCUT2D eigenvalue weighted by molar-refractivity contribution is 0.146. The van der Waals surface area contributed by atoms with Gasteiger partial charge in [-0.2, -0.15) is 0 Å². The number of fused-ring (bicyclic) bond motifs is 1. The van der Waals surface area contributed by atoms with Crippen molar-refractivity contribution < 1.29 is 5.11 Å². The van der Waals surface area contributed by atoms with Crippen LogP contribution in [-0.4, -0.2) is 48.3 Å². The molecule has 0 saturated heterocycles. The smallest absolute Gasteiger partial charge is 0.252 e. The average Bonchev–Trinajstić information content (AvgIpc) is 3.17. The minimum absolute atomic E-state index is 0.0740. The first kappa shape index (κ1) is 23.1. The summed E-state index contributed by atoms with van der Waals surface area (Å²) >= 11 is 0. The molecule has 0 bridgehead atoms. The van der Waals surface area contributed by atoms with Crippen LogP contribution in [0.4, 0.5) is 0 Å². The van der Waals surface area contributed by atoms with E-state index in [9.17, 15) is 9.90 Å². The summed E-state index contributed by atoms with van der Waals surface area (Å²) in [5.41, 5.74) is 3.46. The third-order valence-corrected chi connectivity index (χ3v) is 5.60. The van der Waals surface area contributed by atoms with E-state index < -0.39 is 0 Å². The van der Waals surface area contributed by atoms with Crippen LogP contribution in [0, 0.1) is 13.8 Å². The number of aliphatic hydroxyl groups is 1. The average molecular weight is 427 g/mol. The highest BCUT2D eigenvalue weighted by molar-refractivity contribution is 5.82. The largest absolute Gasteiger partial charge is 0.396 e. The highest BCUT2D eigenvalue weighted by Gasteiger charge is 2.29. The van der Waals surface area contributed by atoms with Crippen molar-refractivity contribution >= 4 is 10.9 Å². The molecule has 0 aliphatic rings. The number of aromatic amines is 1. The molecule has 3 aromatic rings. The third-order valence-electron chi connectivity index (χ3n) is 5.60. The Morgan fingerprint density at radius 1 is 1.23 bits per heavy atom. The van der Waals surface area contributed by atoms with Crippen LogP contribution in [0.5, 0.6) is 0 Å². The van der Waals surface area contributed by atoms with Crippen LogP contribution in [0.1, 0.15) is 69.1 Å². The number of tetrazole rings is 1. The molecule has 1 atom stereocenters. The number of H-pyrrole nitrogens is 1. The van der Waals surface area contributed by atoms with Gasteiger partial charge in [-0.25, -0.2) is 4.68 Å². The van der Waals surface area contributed by atoms with Crippen molar-refractivity contribution in [2.24, 2.45) is 0 Å². The maximum absolute atomic E-state index is 12.9. The van der Waals surface area contributed by atoms with Crippen LogP contribution in [0.3, 0.4) is 0 Å². The number of aromatic nitrogens is 5. The second-order valence-corrected chi connectivity index (χ2v) is 9.26. The zero-order valence-corrected chi connectivity index (χ0v) is 19.4. The standard InChI is InChI=1S/C23H34N6O2/c1-7-19(21-25-26-27-29(21)23(4,5)6)28(9-8-10-30)14-18-13-17-12-15(2)11-16(3)20(17)24-22(18)31/h11-13,19,30H,7-10,14H2,1-6H3,(H,24,31)/t19-/m1/s1. The molecule has 0 amide bonds. The molecule has 0 unspecified atom stereocenters. The van der Waals surface area contributed by atoms with Gasteiger partial charge < -0.3 is 10.1 Å². The number of hydrogen-bond acceptors (Lipinski definition) is 6. The summed E-state index contributed by atoms with van der Waals surface area (Å²) in [5, 5.41) is 23.0. The van der Waals surface area contributed by atoms with Gasteiger partial charge in [0.25, 0.3) is 5.56 Å². The third kappa shape index (κ3) is 5.02. The van der Waals surface area contributed by atoms with Gasteiger partial charge in [-0.15, -0.1) is 5.10 Å². The van der Waals surface area contributed by atoms with E-state index >= 15 is 0 Å². The zero-order chi connectivity index (χ0) is 22.8. The van der Waals surface area contributed by atoms with E-state index in [0.29, 0.717) is 25.1 Å². The van der Waals surface area contributed by atoms with E-state index in [1.165, 1.54) is 0 Å². The quantitative estimate of drug-likeness (QED) is 0.574. The van der Waals surface area contributed by atoms with E-state index in [2.05, 4.69) is 72.2 Å². The summed E-state index contributed by atoms with van der Waals surface area (Å²) in [6.07, 6.45) is 1.39. The first-order valence-electron chi connectivity index (χ1n) is 10.9. The first-order valence-corrected chi connectivity index (χ1v) is 10.9. The highest BCUT2D eigenvalue weighted by Crippen LogP contribution is 2.28. The molecule has 0 saturated carbocycles. The fourth-order valence-corrected chi connectivity index (χ4v) is 4.17. The number of pyridine rings is 1. The molecule has 0 aliphatic heterocycles. The Kier molecular flexibility index (Phi) is 6.91. The molecule has 0 fully saturated rings. The first-order chi connectivity index (χ1) is 14.7. The molecule has 2 N–H and O–H groups in total. The van der Waals surface area contributed by atoms with Crippen LogP contribution in [-0.2, 0) is 12.1 Å². The molecule has 2 heterocycles. The molecule has 8 nitrogen and oxygen atoms in total. The van der Waals surface area contributed by atoms with Gasteiger partial charge in [-0.05, 0) is 81.0 Å². The van der Waals surface area contributed by atoms with E-state index in [4.69, 9.17) is 0 Å². The van der Waals surface area contributed by atoms with Crippen molar-refractivity contribution in [2.75, 3.05) is 13.2 Å². The molecule has 31 heavy (non-hydrogen) atoms. The van der Waals surface area contributed by atoms with Gasteiger partial charge in [-0.3, -0.25) is 9.69 Å². The Morgan fingerprint density at radius 3 is 2.61 bits per heavy atom. The molecule has 168 valence electrons. The predicted molar refractivity (Wildman–Crippen MR) is 122 cm³/mol. The van der Waals surface area contributed by atoms with Crippen LogP contribution in [0.2, 0.25) is 0 Å². The summed E-state index contributed by atoms with van der Waals surface area (Å²) in [6.45, 7) is 13.5. The fraction of sp³-hybridized carbons (Fsp3) is 0.565. The van der Waals surface area contributed by atoms with Crippen LogP contribution < -0.4 is 5.56 Å². The van der Waals surface area contributed by atoms with E-state index in [-0.39, 0.29) is 23.7 Å². The van der Waals surface area contributed by atoms with Crippen molar-refractivity contribution in [3.05, 3.63) is 51.1 Å². The van der Waals surface area contributed by atoms with Gasteiger partial charge in [0.2, 0.25) is 0 Å². The molecule has 3 rings (SSSR count). The number of aryl methyl sites for hydroxylation is 2. The second-order valence-electron chi connectivity index (χ2n) is 9.26.